The SMILES string of the molecule is CCCC(COC)Nc1ncnc2c(C)csc12. The fourth-order valence-corrected chi connectivity index (χ4v) is 2.97. The average molecular weight is 265 g/mol. The molecule has 0 aliphatic heterocycles. The van der Waals surface area contributed by atoms with Crippen molar-refractivity contribution in [2.45, 2.75) is 32.7 Å². The van der Waals surface area contributed by atoms with Crippen LogP contribution in [0.25, 0.3) is 10.2 Å². The van der Waals surface area contributed by atoms with E-state index in [9.17, 15) is 0 Å². The Hall–Kier alpha value is -1.20. The van der Waals surface area contributed by atoms with Crippen LogP contribution in [0, 0.1) is 6.92 Å². The van der Waals surface area contributed by atoms with Crippen LogP contribution in [0.2, 0.25) is 0 Å². The van der Waals surface area contributed by atoms with Gasteiger partial charge < -0.3 is 10.1 Å². The number of anilines is 1. The van der Waals surface area contributed by atoms with Gasteiger partial charge in [0.15, 0.2) is 0 Å². The second-order valence-corrected chi connectivity index (χ2v) is 5.28. The molecule has 2 aromatic heterocycles. The fourth-order valence-electron chi connectivity index (χ4n) is 2.01. The highest BCUT2D eigenvalue weighted by molar-refractivity contribution is 7.18. The number of aryl methyl sites for hydroxylation is 1. The lowest BCUT2D eigenvalue weighted by Crippen LogP contribution is -2.25. The second kappa shape index (κ2) is 6.11. The number of rotatable bonds is 6. The molecule has 2 rings (SSSR count). The molecule has 0 aliphatic rings. The molecule has 98 valence electrons. The van der Waals surface area contributed by atoms with Gasteiger partial charge in [0.05, 0.1) is 22.9 Å². The first-order valence-electron chi connectivity index (χ1n) is 6.20. The summed E-state index contributed by atoms with van der Waals surface area (Å²) in [4.78, 5) is 8.69. The highest BCUT2D eigenvalue weighted by atomic mass is 32.1. The maximum Gasteiger partial charge on any atom is 0.147 e. The van der Waals surface area contributed by atoms with Gasteiger partial charge >= 0.3 is 0 Å². The van der Waals surface area contributed by atoms with Crippen LogP contribution in [-0.2, 0) is 4.74 Å². The monoisotopic (exact) mass is 265 g/mol. The first kappa shape index (κ1) is 13.2. The number of fused-ring (bicyclic) bond motifs is 1. The highest BCUT2D eigenvalue weighted by Gasteiger charge is 2.12. The summed E-state index contributed by atoms with van der Waals surface area (Å²) in [5, 5.41) is 5.59. The summed E-state index contributed by atoms with van der Waals surface area (Å²) in [5.74, 6) is 0.925. The zero-order chi connectivity index (χ0) is 13.0. The first-order valence-corrected chi connectivity index (χ1v) is 7.08. The molecule has 0 bridgehead atoms. The summed E-state index contributed by atoms with van der Waals surface area (Å²) in [7, 11) is 1.73. The summed E-state index contributed by atoms with van der Waals surface area (Å²) in [6.45, 7) is 4.95. The lowest BCUT2D eigenvalue weighted by Gasteiger charge is -2.17. The Morgan fingerprint density at radius 3 is 3.00 bits per heavy atom. The Labute approximate surface area is 111 Å². The van der Waals surface area contributed by atoms with Gasteiger partial charge in [-0.25, -0.2) is 9.97 Å². The zero-order valence-corrected chi connectivity index (χ0v) is 11.9. The van der Waals surface area contributed by atoms with Crippen LogP contribution < -0.4 is 5.32 Å². The predicted octanol–water partition coefficient (Wildman–Crippen LogP) is 3.23. The van der Waals surface area contributed by atoms with Gasteiger partial charge in [0, 0.05) is 7.11 Å². The normalized spacial score (nSPS) is 12.8. The van der Waals surface area contributed by atoms with Gasteiger partial charge in [0.2, 0.25) is 0 Å². The van der Waals surface area contributed by atoms with E-state index in [1.807, 2.05) is 0 Å². The molecule has 0 fully saturated rings. The lowest BCUT2D eigenvalue weighted by molar-refractivity contribution is 0.182. The van der Waals surface area contributed by atoms with Crippen molar-refractivity contribution in [1.29, 1.82) is 0 Å². The van der Waals surface area contributed by atoms with Crippen molar-refractivity contribution < 1.29 is 4.74 Å². The zero-order valence-electron chi connectivity index (χ0n) is 11.1. The van der Waals surface area contributed by atoms with Crippen LogP contribution >= 0.6 is 11.3 Å². The maximum absolute atomic E-state index is 5.24. The van der Waals surface area contributed by atoms with Gasteiger partial charge in [-0.15, -0.1) is 11.3 Å². The van der Waals surface area contributed by atoms with Crippen molar-refractivity contribution in [2.75, 3.05) is 19.0 Å². The number of hydrogen-bond acceptors (Lipinski definition) is 5. The van der Waals surface area contributed by atoms with E-state index in [0.29, 0.717) is 12.6 Å². The molecule has 0 aromatic carbocycles. The smallest absolute Gasteiger partial charge is 0.147 e. The number of thiophene rings is 1. The van der Waals surface area contributed by atoms with Crippen LogP contribution in [-0.4, -0.2) is 29.7 Å². The van der Waals surface area contributed by atoms with Crippen LogP contribution in [0.15, 0.2) is 11.7 Å². The quantitative estimate of drug-likeness (QED) is 0.871. The topological polar surface area (TPSA) is 47.0 Å². The average Bonchev–Trinajstić information content (AvgIpc) is 2.73. The predicted molar refractivity (Wildman–Crippen MR) is 76.3 cm³/mol. The van der Waals surface area contributed by atoms with Gasteiger partial charge in [-0.2, -0.15) is 0 Å². The summed E-state index contributed by atoms with van der Waals surface area (Å²) >= 11 is 1.69. The molecule has 0 saturated carbocycles. The van der Waals surface area contributed by atoms with Gasteiger partial charge in [-0.3, -0.25) is 0 Å². The number of hydrogen-bond donors (Lipinski definition) is 1. The molecule has 0 saturated heterocycles. The standard InChI is InChI=1S/C13H19N3OS/c1-4-5-10(6-17-3)16-13-12-11(14-8-15-13)9(2)7-18-12/h7-8,10H,4-6H2,1-3H3,(H,14,15,16). The number of ether oxygens (including phenoxy) is 1. The van der Waals surface area contributed by atoms with Gasteiger partial charge in [0.1, 0.15) is 12.1 Å². The third-order valence-corrected chi connectivity index (χ3v) is 3.97. The minimum absolute atomic E-state index is 0.306. The van der Waals surface area contributed by atoms with Gasteiger partial charge in [-0.05, 0) is 24.3 Å². The summed E-state index contributed by atoms with van der Waals surface area (Å²) in [6.07, 6.45) is 3.82. The van der Waals surface area contributed by atoms with Gasteiger partial charge in [0.25, 0.3) is 0 Å². The van der Waals surface area contributed by atoms with Crippen molar-refractivity contribution in [3.05, 3.63) is 17.3 Å². The van der Waals surface area contributed by atoms with Crippen LogP contribution in [0.4, 0.5) is 5.82 Å². The van der Waals surface area contributed by atoms with E-state index >= 15 is 0 Å². The summed E-state index contributed by atoms with van der Waals surface area (Å²) in [5.41, 5.74) is 2.25. The summed E-state index contributed by atoms with van der Waals surface area (Å²) in [6, 6.07) is 0.306. The molecule has 0 spiro atoms. The molecular formula is C13H19N3OS. The van der Waals surface area contributed by atoms with Crippen molar-refractivity contribution in [2.24, 2.45) is 0 Å². The van der Waals surface area contributed by atoms with Crippen molar-refractivity contribution in [1.82, 2.24) is 9.97 Å². The molecule has 0 amide bonds. The van der Waals surface area contributed by atoms with Gasteiger partial charge in [-0.1, -0.05) is 13.3 Å². The molecule has 4 nitrogen and oxygen atoms in total. The Morgan fingerprint density at radius 1 is 1.44 bits per heavy atom. The van der Waals surface area contributed by atoms with Crippen LogP contribution in [0.5, 0.6) is 0 Å². The minimum atomic E-state index is 0.306. The molecular weight excluding hydrogens is 246 g/mol. The Morgan fingerprint density at radius 2 is 2.28 bits per heavy atom. The van der Waals surface area contributed by atoms with Crippen LogP contribution in [0.3, 0.4) is 0 Å². The lowest BCUT2D eigenvalue weighted by atomic mass is 10.2. The van der Waals surface area contributed by atoms with E-state index in [4.69, 9.17) is 4.74 Å². The Bertz CT molecular complexity index is 506. The molecule has 2 aromatic rings. The van der Waals surface area contributed by atoms with Crippen molar-refractivity contribution in [3.8, 4) is 0 Å². The van der Waals surface area contributed by atoms with Crippen LogP contribution in [0.1, 0.15) is 25.3 Å². The molecule has 5 heteroatoms. The van der Waals surface area contributed by atoms with E-state index in [1.54, 1.807) is 24.8 Å². The number of nitrogens with one attached hydrogen (secondary N) is 1. The molecule has 1 atom stereocenters. The van der Waals surface area contributed by atoms with Crippen molar-refractivity contribution >= 4 is 27.4 Å². The highest BCUT2D eigenvalue weighted by Crippen LogP contribution is 2.29. The molecule has 1 N–H and O–H groups in total. The first-order chi connectivity index (χ1) is 8.76. The maximum atomic E-state index is 5.24. The molecule has 0 aliphatic carbocycles. The van der Waals surface area contributed by atoms with E-state index in [1.165, 1.54) is 5.56 Å². The Kier molecular flexibility index (Phi) is 4.49. The van der Waals surface area contributed by atoms with E-state index in [-0.39, 0.29) is 0 Å². The third kappa shape index (κ3) is 2.79. The number of nitrogens with zero attached hydrogens (tertiary/aromatic N) is 2. The van der Waals surface area contributed by atoms with Crippen molar-refractivity contribution in [3.63, 3.8) is 0 Å². The fraction of sp³-hybridized carbons (Fsp3) is 0.538. The minimum Gasteiger partial charge on any atom is -0.383 e. The van der Waals surface area contributed by atoms with E-state index in [2.05, 4.69) is 34.5 Å². The molecule has 2 heterocycles. The summed E-state index contributed by atoms with van der Waals surface area (Å²) < 4.78 is 6.38. The molecule has 1 unspecified atom stereocenters. The third-order valence-electron chi connectivity index (χ3n) is 2.88. The Balaban J connectivity index is 2.24. The molecule has 18 heavy (non-hydrogen) atoms. The van der Waals surface area contributed by atoms with E-state index in [0.717, 1.165) is 28.9 Å². The molecule has 0 radical (unpaired) electrons. The number of aromatic nitrogens is 2. The second-order valence-electron chi connectivity index (χ2n) is 4.40. The number of methoxy groups -OCH3 is 1. The van der Waals surface area contributed by atoms with E-state index < -0.39 is 0 Å². The largest absolute Gasteiger partial charge is 0.383 e.